The van der Waals surface area contributed by atoms with Crippen molar-refractivity contribution in [3.63, 3.8) is 0 Å². The number of amides is 1. The van der Waals surface area contributed by atoms with Crippen LogP contribution in [0.15, 0.2) is 42.9 Å². The van der Waals surface area contributed by atoms with E-state index in [0.29, 0.717) is 12.4 Å². The average Bonchev–Trinajstić information content (AvgIpc) is 3.55. The Balaban J connectivity index is 1.12. The van der Waals surface area contributed by atoms with Crippen molar-refractivity contribution in [1.29, 1.82) is 0 Å². The molecule has 4 aromatic heterocycles. The van der Waals surface area contributed by atoms with Crippen LogP contribution in [0.2, 0.25) is 0 Å². The molecule has 2 aliphatic rings. The van der Waals surface area contributed by atoms with Gasteiger partial charge in [0.1, 0.15) is 11.6 Å². The average molecular weight is 545 g/mol. The van der Waals surface area contributed by atoms with Crippen molar-refractivity contribution in [2.75, 3.05) is 18.4 Å². The van der Waals surface area contributed by atoms with Gasteiger partial charge in [0.25, 0.3) is 0 Å². The highest BCUT2D eigenvalue weighted by molar-refractivity contribution is 5.80. The lowest BCUT2D eigenvalue weighted by atomic mass is 9.74. The highest BCUT2D eigenvalue weighted by atomic mass is 19.1. The van der Waals surface area contributed by atoms with E-state index < -0.39 is 5.82 Å². The lowest BCUT2D eigenvalue weighted by Gasteiger charge is -2.48. The third-order valence-corrected chi connectivity index (χ3v) is 7.99. The van der Waals surface area contributed by atoms with Gasteiger partial charge < -0.3 is 10.6 Å². The largest absolute Gasteiger partial charge is 0.348 e. The van der Waals surface area contributed by atoms with Crippen molar-refractivity contribution in [1.82, 2.24) is 45.1 Å². The van der Waals surface area contributed by atoms with Crippen LogP contribution in [-0.4, -0.2) is 64.4 Å². The molecular weight excluding hydrogens is 511 g/mol. The molecule has 1 spiro atoms. The summed E-state index contributed by atoms with van der Waals surface area (Å²) in [6.45, 7) is 7.13. The number of anilines is 2. The van der Waals surface area contributed by atoms with Gasteiger partial charge in [-0.1, -0.05) is 6.07 Å². The van der Waals surface area contributed by atoms with E-state index in [4.69, 9.17) is 9.97 Å². The van der Waals surface area contributed by atoms with Gasteiger partial charge in [-0.2, -0.15) is 10.2 Å². The standard InChI is InChI=1S/C28H33FN10O/c1-17-10-23(33-24-11-18(2)36-37-24)34-27(32-17)20-6-8-28(9-7-20)16-38(15-26(40)35-28)19(3)21-4-5-25(30-12-21)39-14-22(29)13-31-39/h4-5,10-14,19-20H,6-9,15-16H2,1-3H3,(H,35,40)(H2,32,33,34,36,37)/t19-,20-,28+/m0/s1. The van der Waals surface area contributed by atoms with Crippen molar-refractivity contribution in [3.8, 4) is 5.82 Å². The number of nitrogens with zero attached hydrogens (tertiary/aromatic N) is 7. The van der Waals surface area contributed by atoms with Gasteiger partial charge in [-0.25, -0.2) is 24.0 Å². The smallest absolute Gasteiger partial charge is 0.234 e. The number of pyridine rings is 1. The number of nitrogens with one attached hydrogen (secondary N) is 3. The summed E-state index contributed by atoms with van der Waals surface area (Å²) in [6.07, 6.45) is 7.72. The molecule has 0 radical (unpaired) electrons. The summed E-state index contributed by atoms with van der Waals surface area (Å²) in [5.41, 5.74) is 2.60. The number of carbonyl (C=O) groups is 1. The first-order valence-electron chi connectivity index (χ1n) is 13.6. The van der Waals surface area contributed by atoms with Gasteiger partial charge in [-0.05, 0) is 58.1 Å². The molecule has 4 aromatic rings. The molecule has 0 aromatic carbocycles. The van der Waals surface area contributed by atoms with Gasteiger partial charge in [0, 0.05) is 48.2 Å². The van der Waals surface area contributed by atoms with Crippen molar-refractivity contribution in [2.24, 2.45) is 0 Å². The number of carbonyl (C=O) groups excluding carboxylic acids is 1. The Morgan fingerprint density at radius 1 is 1.12 bits per heavy atom. The predicted octanol–water partition coefficient (Wildman–Crippen LogP) is 3.87. The Morgan fingerprint density at radius 3 is 2.62 bits per heavy atom. The van der Waals surface area contributed by atoms with E-state index >= 15 is 0 Å². The third kappa shape index (κ3) is 5.44. The lowest BCUT2D eigenvalue weighted by molar-refractivity contribution is -0.130. The molecule has 1 atom stereocenters. The highest BCUT2D eigenvalue weighted by Crippen LogP contribution is 2.40. The lowest BCUT2D eigenvalue weighted by Crippen LogP contribution is -2.64. The summed E-state index contributed by atoms with van der Waals surface area (Å²) >= 11 is 0. The Hall–Kier alpha value is -4.19. The summed E-state index contributed by atoms with van der Waals surface area (Å²) in [5, 5.41) is 17.8. The molecule has 1 saturated carbocycles. The first kappa shape index (κ1) is 26.1. The number of aromatic amines is 1. The minimum absolute atomic E-state index is 0.00373. The quantitative estimate of drug-likeness (QED) is 0.334. The van der Waals surface area contributed by atoms with Gasteiger partial charge in [0.05, 0.1) is 24.5 Å². The second-order valence-corrected chi connectivity index (χ2v) is 11.1. The monoisotopic (exact) mass is 544 g/mol. The SMILES string of the molecule is Cc1cc(Nc2cc(C)[nH]n2)nc([C@H]2CC[C@@]3(CC2)CN([C@@H](C)c2ccc(-n4cc(F)cn4)nc2)CC(=O)N3)n1. The molecule has 11 nitrogen and oxygen atoms in total. The summed E-state index contributed by atoms with van der Waals surface area (Å²) in [4.78, 5) is 29.1. The zero-order valence-electron chi connectivity index (χ0n) is 22.9. The van der Waals surface area contributed by atoms with Crippen LogP contribution in [0.4, 0.5) is 16.0 Å². The molecule has 1 saturated heterocycles. The summed E-state index contributed by atoms with van der Waals surface area (Å²) in [7, 11) is 0. The zero-order chi connectivity index (χ0) is 27.9. The van der Waals surface area contributed by atoms with Crippen molar-refractivity contribution in [3.05, 3.63) is 71.4 Å². The summed E-state index contributed by atoms with van der Waals surface area (Å²) < 4.78 is 14.7. The molecule has 1 amide bonds. The molecule has 5 heterocycles. The Bertz CT molecular complexity index is 1510. The van der Waals surface area contributed by atoms with Crippen molar-refractivity contribution >= 4 is 17.5 Å². The zero-order valence-corrected chi connectivity index (χ0v) is 22.9. The van der Waals surface area contributed by atoms with E-state index in [-0.39, 0.29) is 23.4 Å². The van der Waals surface area contributed by atoms with Crippen LogP contribution in [-0.2, 0) is 4.79 Å². The molecule has 3 N–H and O–H groups in total. The fraction of sp³-hybridized carbons (Fsp3) is 0.429. The first-order chi connectivity index (χ1) is 19.2. The number of aryl methyl sites for hydroxylation is 2. The number of halogens is 1. The van der Waals surface area contributed by atoms with Gasteiger partial charge in [0.2, 0.25) is 5.91 Å². The third-order valence-electron chi connectivity index (χ3n) is 7.99. The highest BCUT2D eigenvalue weighted by Gasteiger charge is 2.43. The van der Waals surface area contributed by atoms with E-state index in [1.807, 2.05) is 38.1 Å². The molecule has 1 aliphatic heterocycles. The maximum atomic E-state index is 13.3. The minimum atomic E-state index is -0.409. The molecule has 12 heteroatoms. The van der Waals surface area contributed by atoms with E-state index in [1.165, 1.54) is 10.9 Å². The van der Waals surface area contributed by atoms with E-state index in [2.05, 4.69) is 42.7 Å². The van der Waals surface area contributed by atoms with E-state index in [1.54, 1.807) is 6.20 Å². The topological polar surface area (TPSA) is 130 Å². The van der Waals surface area contributed by atoms with Crippen LogP contribution in [0.5, 0.6) is 0 Å². The second-order valence-electron chi connectivity index (χ2n) is 11.1. The van der Waals surface area contributed by atoms with Gasteiger partial charge in [-0.15, -0.1) is 0 Å². The first-order valence-corrected chi connectivity index (χ1v) is 13.6. The van der Waals surface area contributed by atoms with E-state index in [9.17, 15) is 9.18 Å². The second kappa shape index (κ2) is 10.4. The van der Waals surface area contributed by atoms with E-state index in [0.717, 1.165) is 72.8 Å². The number of H-pyrrole nitrogens is 1. The molecule has 1 aliphatic carbocycles. The van der Waals surface area contributed by atoms with Gasteiger partial charge in [-0.3, -0.25) is 14.8 Å². The summed E-state index contributed by atoms with van der Waals surface area (Å²) in [6, 6.07) is 7.64. The van der Waals surface area contributed by atoms with Gasteiger partial charge in [0.15, 0.2) is 17.5 Å². The summed E-state index contributed by atoms with van der Waals surface area (Å²) in [5.74, 6) is 2.69. The number of rotatable bonds is 6. The molecule has 0 bridgehead atoms. The molecule has 6 rings (SSSR count). The number of aromatic nitrogens is 7. The van der Waals surface area contributed by atoms with Crippen molar-refractivity contribution in [2.45, 2.75) is 64.0 Å². The fourth-order valence-corrected chi connectivity index (χ4v) is 5.86. The Labute approximate surface area is 231 Å². The normalized spacial score (nSPS) is 22.3. The molecule has 40 heavy (non-hydrogen) atoms. The fourth-order valence-electron chi connectivity index (χ4n) is 5.86. The molecule has 208 valence electrons. The maximum Gasteiger partial charge on any atom is 0.234 e. The van der Waals surface area contributed by atoms with Crippen LogP contribution in [0.3, 0.4) is 0 Å². The molecule has 2 fully saturated rings. The number of hydrogen-bond acceptors (Lipinski definition) is 8. The Morgan fingerprint density at radius 2 is 1.95 bits per heavy atom. The van der Waals surface area contributed by atoms with Crippen molar-refractivity contribution < 1.29 is 9.18 Å². The molecular formula is C28H33FN10O. The van der Waals surface area contributed by atoms with Crippen LogP contribution in [0.25, 0.3) is 5.82 Å². The number of piperazine rings is 1. The van der Waals surface area contributed by atoms with Crippen LogP contribution >= 0.6 is 0 Å². The molecule has 0 unspecified atom stereocenters. The maximum absolute atomic E-state index is 13.3. The Kier molecular flexibility index (Phi) is 6.78. The number of hydrogen-bond donors (Lipinski definition) is 3. The predicted molar refractivity (Wildman–Crippen MR) is 147 cm³/mol. The van der Waals surface area contributed by atoms with Crippen LogP contribution in [0.1, 0.15) is 67.3 Å². The minimum Gasteiger partial charge on any atom is -0.348 e. The van der Waals surface area contributed by atoms with Crippen LogP contribution in [0, 0.1) is 19.7 Å². The van der Waals surface area contributed by atoms with Gasteiger partial charge >= 0.3 is 0 Å². The van der Waals surface area contributed by atoms with Crippen LogP contribution < -0.4 is 10.6 Å².